The number of aromatic nitrogens is 3. The zero-order valence-corrected chi connectivity index (χ0v) is 15.4. The van der Waals surface area contributed by atoms with Gasteiger partial charge >= 0.3 is 0 Å². The Balaban J connectivity index is 1.79. The van der Waals surface area contributed by atoms with Gasteiger partial charge in [-0.05, 0) is 55.5 Å². The number of benzene rings is 1. The highest BCUT2D eigenvalue weighted by atomic mass is 16.5. The van der Waals surface area contributed by atoms with Crippen molar-refractivity contribution >= 4 is 5.65 Å². The molecule has 0 amide bonds. The summed E-state index contributed by atoms with van der Waals surface area (Å²) < 4.78 is 7.78. The van der Waals surface area contributed by atoms with Crippen molar-refractivity contribution in [3.05, 3.63) is 48.4 Å². The molecule has 25 heavy (non-hydrogen) atoms. The maximum atomic E-state index is 6.34. The van der Waals surface area contributed by atoms with Crippen LogP contribution in [0.25, 0.3) is 16.8 Å². The van der Waals surface area contributed by atoms with Crippen molar-refractivity contribution < 1.29 is 4.74 Å². The van der Waals surface area contributed by atoms with E-state index in [4.69, 9.17) is 10.5 Å². The Bertz CT molecular complexity index is 867. The summed E-state index contributed by atoms with van der Waals surface area (Å²) in [7, 11) is 0. The lowest BCUT2D eigenvalue weighted by Gasteiger charge is -2.27. The lowest BCUT2D eigenvalue weighted by molar-refractivity contribution is 0.206. The number of aryl methyl sites for hydroxylation is 1. The molecule has 0 unspecified atom stereocenters. The molecule has 2 N–H and O–H groups in total. The van der Waals surface area contributed by atoms with E-state index in [0.717, 1.165) is 34.5 Å². The summed E-state index contributed by atoms with van der Waals surface area (Å²) in [5.74, 6) is 1.42. The fourth-order valence-corrected chi connectivity index (χ4v) is 3.24. The van der Waals surface area contributed by atoms with Crippen LogP contribution in [0.2, 0.25) is 0 Å². The van der Waals surface area contributed by atoms with Crippen LogP contribution in [0.4, 0.5) is 0 Å². The quantitative estimate of drug-likeness (QED) is 0.741. The van der Waals surface area contributed by atoms with Gasteiger partial charge in [0.2, 0.25) is 0 Å². The Morgan fingerprint density at radius 1 is 1.32 bits per heavy atom. The summed E-state index contributed by atoms with van der Waals surface area (Å²) in [6.07, 6.45) is 6.45. The van der Waals surface area contributed by atoms with Crippen molar-refractivity contribution in [1.29, 1.82) is 0 Å². The number of nitrogens with two attached hydrogens (primary N) is 1. The molecule has 0 aliphatic carbocycles. The molecule has 3 aromatic rings. The first-order valence-electron chi connectivity index (χ1n) is 8.67. The van der Waals surface area contributed by atoms with Crippen LogP contribution in [0.15, 0.2) is 42.9 Å². The van der Waals surface area contributed by atoms with E-state index in [0.29, 0.717) is 12.5 Å². The molecule has 1 aromatic carbocycles. The van der Waals surface area contributed by atoms with E-state index in [1.807, 2.05) is 44.4 Å². The van der Waals surface area contributed by atoms with E-state index in [1.165, 1.54) is 0 Å². The van der Waals surface area contributed by atoms with Gasteiger partial charge in [0.05, 0.1) is 6.20 Å². The first-order chi connectivity index (χ1) is 11.9. The van der Waals surface area contributed by atoms with Crippen LogP contribution in [0.5, 0.6) is 5.75 Å². The summed E-state index contributed by atoms with van der Waals surface area (Å²) in [6.45, 7) is 8.95. The van der Waals surface area contributed by atoms with Crippen molar-refractivity contribution in [3.63, 3.8) is 0 Å². The SMILES string of the molecule is Cc1cc(-c2cnn3cccnc23)ccc1OC[C@@](C)(N)CC(C)C. The second kappa shape index (κ2) is 6.84. The minimum Gasteiger partial charge on any atom is -0.491 e. The van der Waals surface area contributed by atoms with Gasteiger partial charge in [-0.2, -0.15) is 5.10 Å². The third-order valence-electron chi connectivity index (χ3n) is 4.20. The van der Waals surface area contributed by atoms with Crippen molar-refractivity contribution in [2.45, 2.75) is 39.7 Å². The van der Waals surface area contributed by atoms with Crippen LogP contribution in [-0.2, 0) is 0 Å². The number of hydrogen-bond acceptors (Lipinski definition) is 4. The van der Waals surface area contributed by atoms with Crippen LogP contribution in [-0.4, -0.2) is 26.7 Å². The predicted octanol–water partition coefficient (Wildman–Crippen LogP) is 3.85. The van der Waals surface area contributed by atoms with E-state index in [-0.39, 0.29) is 5.54 Å². The third-order valence-corrected chi connectivity index (χ3v) is 4.20. The molecule has 2 aromatic heterocycles. The van der Waals surface area contributed by atoms with Gasteiger partial charge in [-0.25, -0.2) is 9.50 Å². The van der Waals surface area contributed by atoms with Crippen LogP contribution < -0.4 is 10.5 Å². The number of fused-ring (bicyclic) bond motifs is 1. The molecule has 0 radical (unpaired) electrons. The highest BCUT2D eigenvalue weighted by Gasteiger charge is 2.21. The van der Waals surface area contributed by atoms with Gasteiger partial charge in [-0.15, -0.1) is 0 Å². The van der Waals surface area contributed by atoms with E-state index >= 15 is 0 Å². The predicted molar refractivity (Wildman–Crippen MR) is 101 cm³/mol. The van der Waals surface area contributed by atoms with E-state index in [9.17, 15) is 0 Å². The maximum Gasteiger partial charge on any atom is 0.162 e. The number of rotatable bonds is 6. The molecule has 0 spiro atoms. The monoisotopic (exact) mass is 338 g/mol. The van der Waals surface area contributed by atoms with Gasteiger partial charge in [-0.1, -0.05) is 19.9 Å². The zero-order valence-electron chi connectivity index (χ0n) is 15.4. The van der Waals surface area contributed by atoms with E-state index < -0.39 is 0 Å². The van der Waals surface area contributed by atoms with E-state index in [1.54, 1.807) is 10.7 Å². The fraction of sp³-hybridized carbons (Fsp3) is 0.400. The molecule has 0 aliphatic heterocycles. The molecular weight excluding hydrogens is 312 g/mol. The Hall–Kier alpha value is -2.40. The average molecular weight is 338 g/mol. The van der Waals surface area contributed by atoms with Gasteiger partial charge in [0, 0.05) is 23.5 Å². The maximum absolute atomic E-state index is 6.34. The Morgan fingerprint density at radius 2 is 2.12 bits per heavy atom. The lowest BCUT2D eigenvalue weighted by atomic mass is 9.93. The minimum absolute atomic E-state index is 0.328. The molecule has 5 heteroatoms. The smallest absolute Gasteiger partial charge is 0.162 e. The highest BCUT2D eigenvalue weighted by molar-refractivity contribution is 5.77. The van der Waals surface area contributed by atoms with Crippen molar-refractivity contribution in [2.75, 3.05) is 6.61 Å². The Labute approximate surface area is 148 Å². The van der Waals surface area contributed by atoms with Crippen LogP contribution in [0.1, 0.15) is 32.8 Å². The van der Waals surface area contributed by atoms with Gasteiger partial charge in [0.15, 0.2) is 5.65 Å². The molecule has 0 saturated carbocycles. The largest absolute Gasteiger partial charge is 0.491 e. The minimum atomic E-state index is -0.328. The van der Waals surface area contributed by atoms with Gasteiger partial charge in [-0.3, -0.25) is 0 Å². The van der Waals surface area contributed by atoms with Gasteiger partial charge < -0.3 is 10.5 Å². The van der Waals surface area contributed by atoms with Crippen LogP contribution in [0.3, 0.4) is 0 Å². The molecule has 0 bridgehead atoms. The second-order valence-corrected chi connectivity index (χ2v) is 7.47. The molecular formula is C20H26N4O. The molecule has 5 nitrogen and oxygen atoms in total. The average Bonchev–Trinajstić information content (AvgIpc) is 2.96. The van der Waals surface area contributed by atoms with Gasteiger partial charge in [0.1, 0.15) is 12.4 Å². The zero-order chi connectivity index (χ0) is 18.0. The molecule has 0 fully saturated rings. The summed E-state index contributed by atoms with van der Waals surface area (Å²) >= 11 is 0. The lowest BCUT2D eigenvalue weighted by Crippen LogP contribution is -2.43. The summed E-state index contributed by atoms with van der Waals surface area (Å²) in [6, 6.07) is 8.02. The summed E-state index contributed by atoms with van der Waals surface area (Å²) in [4.78, 5) is 4.42. The third kappa shape index (κ3) is 3.99. The standard InChI is InChI=1S/C20H26N4O/c1-14(2)11-20(4,21)13-25-18-7-6-16(10-15(18)3)17-12-23-24-9-5-8-22-19(17)24/h5-10,12,14H,11,13,21H2,1-4H3/t20-/m0/s1. The van der Waals surface area contributed by atoms with Crippen molar-refractivity contribution in [2.24, 2.45) is 11.7 Å². The van der Waals surface area contributed by atoms with E-state index in [2.05, 4.69) is 30.0 Å². The number of hydrogen-bond donors (Lipinski definition) is 1. The van der Waals surface area contributed by atoms with Crippen LogP contribution in [0, 0.1) is 12.8 Å². The van der Waals surface area contributed by atoms with Crippen molar-refractivity contribution in [1.82, 2.24) is 14.6 Å². The molecule has 0 aliphatic rings. The molecule has 1 atom stereocenters. The first-order valence-corrected chi connectivity index (χ1v) is 8.67. The summed E-state index contributed by atoms with van der Waals surface area (Å²) in [5, 5.41) is 4.35. The molecule has 2 heterocycles. The highest BCUT2D eigenvalue weighted by Crippen LogP contribution is 2.29. The fourth-order valence-electron chi connectivity index (χ4n) is 3.24. The molecule has 132 valence electrons. The Morgan fingerprint density at radius 3 is 2.84 bits per heavy atom. The normalized spacial score (nSPS) is 14.0. The van der Waals surface area contributed by atoms with Crippen LogP contribution >= 0.6 is 0 Å². The van der Waals surface area contributed by atoms with Gasteiger partial charge in [0.25, 0.3) is 0 Å². The topological polar surface area (TPSA) is 65.4 Å². The molecule has 3 rings (SSSR count). The molecule has 0 saturated heterocycles. The summed E-state index contributed by atoms with van der Waals surface area (Å²) in [5.41, 5.74) is 10.0. The number of nitrogens with zero attached hydrogens (tertiary/aromatic N) is 3. The first kappa shape index (κ1) is 17.4. The Kier molecular flexibility index (Phi) is 4.77. The second-order valence-electron chi connectivity index (χ2n) is 7.47. The number of ether oxygens (including phenoxy) is 1. The van der Waals surface area contributed by atoms with Crippen molar-refractivity contribution in [3.8, 4) is 16.9 Å².